The van der Waals surface area contributed by atoms with Gasteiger partial charge in [0.15, 0.2) is 11.6 Å². The summed E-state index contributed by atoms with van der Waals surface area (Å²) >= 11 is 0. The number of aromatic nitrogens is 1. The van der Waals surface area contributed by atoms with Crippen LogP contribution in [0, 0.1) is 17.6 Å². The zero-order valence-corrected chi connectivity index (χ0v) is 14.9. The Hall–Kier alpha value is -2.75. The number of carboxylic acid groups (broad SMARTS) is 1. The fourth-order valence-corrected chi connectivity index (χ4v) is 3.87. The number of pyridine rings is 1. The highest BCUT2D eigenvalue weighted by molar-refractivity contribution is 7.92. The molecule has 3 rings (SSSR count). The highest BCUT2D eigenvalue weighted by atomic mass is 32.2. The third kappa shape index (κ3) is 4.33. The molecule has 10 heteroatoms. The average molecular weight is 397 g/mol. The van der Waals surface area contributed by atoms with Crippen LogP contribution in [0.4, 0.5) is 20.3 Å². The van der Waals surface area contributed by atoms with E-state index < -0.39 is 33.5 Å². The first-order valence-electron chi connectivity index (χ1n) is 8.18. The number of sulfonamides is 1. The summed E-state index contributed by atoms with van der Waals surface area (Å²) in [5.41, 5.74) is -0.113. The van der Waals surface area contributed by atoms with Gasteiger partial charge in [-0.1, -0.05) is 0 Å². The standard InChI is InChI=1S/C17H17F2N3O4S/c18-14-5-3-12(8-15(14)19)21-27(25,26)13-4-6-16(20-9-13)22-7-1-2-11(10-22)17(23)24/h3-6,8-9,11,21H,1-2,7,10H2,(H,23,24). The van der Waals surface area contributed by atoms with Crippen LogP contribution in [0.3, 0.4) is 0 Å². The van der Waals surface area contributed by atoms with Gasteiger partial charge >= 0.3 is 5.97 Å². The molecule has 1 aromatic carbocycles. The summed E-state index contributed by atoms with van der Waals surface area (Å²) in [5, 5.41) is 9.15. The number of benzene rings is 1. The minimum atomic E-state index is -4.03. The molecule has 2 N–H and O–H groups in total. The van der Waals surface area contributed by atoms with Crippen LogP contribution in [0.1, 0.15) is 12.8 Å². The van der Waals surface area contributed by atoms with E-state index in [1.54, 1.807) is 4.90 Å². The molecule has 1 unspecified atom stereocenters. The molecule has 1 aliphatic rings. The Bertz CT molecular complexity index is 951. The molecule has 1 atom stereocenters. The van der Waals surface area contributed by atoms with Crippen LogP contribution in [0.25, 0.3) is 0 Å². The Kier molecular flexibility index (Phi) is 5.26. The third-order valence-electron chi connectivity index (χ3n) is 4.30. The highest BCUT2D eigenvalue weighted by Gasteiger charge is 2.26. The van der Waals surface area contributed by atoms with Crippen molar-refractivity contribution in [3.05, 3.63) is 48.2 Å². The second kappa shape index (κ2) is 7.47. The Morgan fingerprint density at radius 2 is 2.00 bits per heavy atom. The number of nitrogens with zero attached hydrogens (tertiary/aromatic N) is 2. The van der Waals surface area contributed by atoms with Gasteiger partial charge in [0.25, 0.3) is 10.0 Å². The summed E-state index contributed by atoms with van der Waals surface area (Å²) in [7, 11) is -4.03. The van der Waals surface area contributed by atoms with Crippen molar-refractivity contribution in [2.24, 2.45) is 5.92 Å². The summed E-state index contributed by atoms with van der Waals surface area (Å²) in [4.78, 5) is 16.9. The van der Waals surface area contributed by atoms with Crippen LogP contribution in [-0.2, 0) is 14.8 Å². The lowest BCUT2D eigenvalue weighted by Gasteiger charge is -2.31. The maximum absolute atomic E-state index is 13.2. The molecule has 0 radical (unpaired) electrons. The number of rotatable bonds is 5. The Labute approximate surface area is 154 Å². The summed E-state index contributed by atoms with van der Waals surface area (Å²) in [5.74, 6) is -3.12. The molecule has 144 valence electrons. The zero-order valence-electron chi connectivity index (χ0n) is 14.1. The molecule has 1 fully saturated rings. The first kappa shape index (κ1) is 19.0. The molecule has 0 saturated carbocycles. The smallest absolute Gasteiger partial charge is 0.308 e. The first-order valence-corrected chi connectivity index (χ1v) is 9.66. The van der Waals surface area contributed by atoms with E-state index in [2.05, 4.69) is 9.71 Å². The fraction of sp³-hybridized carbons (Fsp3) is 0.294. The van der Waals surface area contributed by atoms with Gasteiger partial charge in [-0.05, 0) is 37.1 Å². The van der Waals surface area contributed by atoms with Crippen molar-refractivity contribution in [1.29, 1.82) is 0 Å². The van der Waals surface area contributed by atoms with E-state index in [1.807, 2.05) is 0 Å². The lowest BCUT2D eigenvalue weighted by atomic mass is 9.98. The van der Waals surface area contributed by atoms with Gasteiger partial charge in [-0.25, -0.2) is 22.2 Å². The molecule has 0 aliphatic carbocycles. The minimum absolute atomic E-state index is 0.113. The summed E-state index contributed by atoms with van der Waals surface area (Å²) in [6, 6.07) is 5.49. The SMILES string of the molecule is O=C(O)C1CCCN(c2ccc(S(=O)(=O)Nc3ccc(F)c(F)c3)cn2)C1. The number of carbonyl (C=O) groups is 1. The van der Waals surface area contributed by atoms with Crippen molar-refractivity contribution < 1.29 is 27.1 Å². The second-order valence-corrected chi connectivity index (χ2v) is 7.89. The molecule has 27 heavy (non-hydrogen) atoms. The van der Waals surface area contributed by atoms with Crippen LogP contribution in [0.2, 0.25) is 0 Å². The number of aliphatic carboxylic acids is 1. The van der Waals surface area contributed by atoms with Gasteiger partial charge in [0, 0.05) is 25.4 Å². The Morgan fingerprint density at radius 1 is 1.22 bits per heavy atom. The van der Waals surface area contributed by atoms with E-state index >= 15 is 0 Å². The molecule has 0 amide bonds. The molecule has 7 nitrogen and oxygen atoms in total. The van der Waals surface area contributed by atoms with Gasteiger partial charge in [-0.2, -0.15) is 0 Å². The number of anilines is 2. The van der Waals surface area contributed by atoms with Gasteiger partial charge in [0.1, 0.15) is 10.7 Å². The van der Waals surface area contributed by atoms with Crippen molar-refractivity contribution in [1.82, 2.24) is 4.98 Å². The predicted molar refractivity (Wildman–Crippen MR) is 94.0 cm³/mol. The predicted octanol–water partition coefficient (Wildman–Crippen LogP) is 2.46. The number of carboxylic acids is 1. The number of hydrogen-bond donors (Lipinski definition) is 2. The van der Waals surface area contributed by atoms with Crippen molar-refractivity contribution in [2.75, 3.05) is 22.7 Å². The highest BCUT2D eigenvalue weighted by Crippen LogP contribution is 2.23. The maximum Gasteiger partial charge on any atom is 0.308 e. The minimum Gasteiger partial charge on any atom is -0.481 e. The number of halogens is 2. The molecule has 2 heterocycles. The van der Waals surface area contributed by atoms with Crippen molar-refractivity contribution >= 4 is 27.5 Å². The molecule has 1 saturated heterocycles. The maximum atomic E-state index is 13.2. The Balaban J connectivity index is 1.75. The molecule has 2 aromatic rings. The largest absolute Gasteiger partial charge is 0.481 e. The topological polar surface area (TPSA) is 99.6 Å². The summed E-state index contributed by atoms with van der Waals surface area (Å²) < 4.78 is 53.1. The van der Waals surface area contributed by atoms with E-state index in [4.69, 9.17) is 5.11 Å². The van der Waals surface area contributed by atoms with Crippen LogP contribution in [-0.4, -0.2) is 37.6 Å². The molecule has 1 aliphatic heterocycles. The van der Waals surface area contributed by atoms with Gasteiger partial charge < -0.3 is 10.0 Å². The number of piperidine rings is 1. The van der Waals surface area contributed by atoms with Crippen molar-refractivity contribution in [3.8, 4) is 0 Å². The van der Waals surface area contributed by atoms with E-state index in [0.29, 0.717) is 31.7 Å². The zero-order chi connectivity index (χ0) is 19.6. The van der Waals surface area contributed by atoms with E-state index in [-0.39, 0.29) is 10.6 Å². The normalized spacial score (nSPS) is 17.6. The molecular weight excluding hydrogens is 380 g/mol. The first-order chi connectivity index (χ1) is 12.8. The van der Waals surface area contributed by atoms with E-state index in [9.17, 15) is 22.0 Å². The lowest BCUT2D eigenvalue weighted by Crippen LogP contribution is -2.39. The molecular formula is C17H17F2N3O4S. The third-order valence-corrected chi connectivity index (χ3v) is 5.66. The van der Waals surface area contributed by atoms with Crippen LogP contribution >= 0.6 is 0 Å². The van der Waals surface area contributed by atoms with Gasteiger partial charge in [-0.15, -0.1) is 0 Å². The van der Waals surface area contributed by atoms with E-state index in [0.717, 1.165) is 24.4 Å². The van der Waals surface area contributed by atoms with Crippen LogP contribution in [0.5, 0.6) is 0 Å². The monoisotopic (exact) mass is 397 g/mol. The summed E-state index contributed by atoms with van der Waals surface area (Å²) in [6.07, 6.45) is 2.44. The summed E-state index contributed by atoms with van der Waals surface area (Å²) in [6.45, 7) is 0.942. The van der Waals surface area contributed by atoms with Crippen LogP contribution < -0.4 is 9.62 Å². The average Bonchev–Trinajstić information content (AvgIpc) is 2.65. The fourth-order valence-electron chi connectivity index (χ4n) is 2.88. The molecule has 0 spiro atoms. The van der Waals surface area contributed by atoms with Gasteiger partial charge in [-0.3, -0.25) is 9.52 Å². The second-order valence-electron chi connectivity index (χ2n) is 6.21. The lowest BCUT2D eigenvalue weighted by molar-refractivity contribution is -0.141. The quantitative estimate of drug-likeness (QED) is 0.804. The Morgan fingerprint density at radius 3 is 2.63 bits per heavy atom. The van der Waals surface area contributed by atoms with Crippen molar-refractivity contribution in [3.63, 3.8) is 0 Å². The van der Waals surface area contributed by atoms with Crippen LogP contribution in [0.15, 0.2) is 41.4 Å². The molecule has 0 bridgehead atoms. The van der Waals surface area contributed by atoms with Gasteiger partial charge in [0.2, 0.25) is 0 Å². The number of hydrogen-bond acceptors (Lipinski definition) is 5. The van der Waals surface area contributed by atoms with Crippen molar-refractivity contribution in [2.45, 2.75) is 17.7 Å². The molecule has 1 aromatic heterocycles. The van der Waals surface area contributed by atoms with E-state index in [1.165, 1.54) is 12.1 Å². The number of nitrogens with one attached hydrogen (secondary N) is 1. The van der Waals surface area contributed by atoms with Gasteiger partial charge in [0.05, 0.1) is 11.6 Å².